The molecule has 13 heavy (non-hydrogen) atoms. The fraction of sp³-hybridized carbons (Fsp3) is 0.600. The van der Waals surface area contributed by atoms with Gasteiger partial charge in [-0.2, -0.15) is 0 Å². The molecule has 1 N–H and O–H groups in total. The molecule has 1 aromatic heterocycles. The summed E-state index contributed by atoms with van der Waals surface area (Å²) in [5.41, 5.74) is -0.664. The molecule has 0 saturated heterocycles. The van der Waals surface area contributed by atoms with E-state index < -0.39 is 5.60 Å². The fourth-order valence-electron chi connectivity index (χ4n) is 1.60. The number of rotatable bonds is 4. The van der Waals surface area contributed by atoms with Gasteiger partial charge in [-0.3, -0.25) is 0 Å². The highest BCUT2D eigenvalue weighted by atomic mass is 16.3. The summed E-state index contributed by atoms with van der Waals surface area (Å²) in [6.07, 6.45) is 3.92. The second-order valence-electron chi connectivity index (χ2n) is 4.09. The average molecular weight is 182 g/mol. The number of aromatic nitrogens is 1. The van der Waals surface area contributed by atoms with Crippen LogP contribution in [0.5, 0.6) is 0 Å². The van der Waals surface area contributed by atoms with Gasteiger partial charge in [0.05, 0.1) is 12.1 Å². The molecule has 0 aliphatic heterocycles. The molecule has 1 atom stereocenters. The van der Waals surface area contributed by atoms with E-state index in [-0.39, 0.29) is 0 Å². The molecule has 0 bridgehead atoms. The van der Waals surface area contributed by atoms with Crippen LogP contribution in [-0.2, 0) is 6.54 Å². The van der Waals surface area contributed by atoms with Gasteiger partial charge in [-0.25, -0.2) is 0 Å². The molecule has 3 heteroatoms. The maximum absolute atomic E-state index is 9.99. The normalized spacial score (nSPS) is 16.1. The van der Waals surface area contributed by atoms with Crippen LogP contribution >= 0.6 is 0 Å². The van der Waals surface area contributed by atoms with Crippen LogP contribution in [0.3, 0.4) is 0 Å². The van der Waals surface area contributed by atoms with Gasteiger partial charge in [-0.15, -0.1) is 0 Å². The lowest BCUT2D eigenvalue weighted by atomic mass is 10.1. The molecule has 1 aromatic rings. The average Bonchev–Trinajstić information content (AvgIpc) is 2.34. The Labute approximate surface area is 79.6 Å². The largest absolute Gasteiger partial charge is 0.387 e. The molecule has 74 valence electrons. The van der Waals surface area contributed by atoms with Gasteiger partial charge < -0.3 is 14.6 Å². The van der Waals surface area contributed by atoms with Gasteiger partial charge in [-0.05, 0) is 33.2 Å². The van der Waals surface area contributed by atoms with Gasteiger partial charge in [0.25, 0.3) is 0 Å². The van der Waals surface area contributed by atoms with E-state index in [1.807, 2.05) is 55.0 Å². The minimum Gasteiger partial charge on any atom is -0.387 e. The standard InChI is InChI=1S/C10H18N2O/c1-10(13,8-11(2)3)9-12-6-4-5-7-12/h4-7,13H,8-9H2,1-3H3. The zero-order chi connectivity index (χ0) is 9.90. The van der Waals surface area contributed by atoms with Crippen LogP contribution < -0.4 is 0 Å². The van der Waals surface area contributed by atoms with Crippen LogP contribution in [0.1, 0.15) is 6.92 Å². The molecule has 0 aliphatic rings. The van der Waals surface area contributed by atoms with E-state index in [4.69, 9.17) is 0 Å². The summed E-state index contributed by atoms with van der Waals surface area (Å²) in [5.74, 6) is 0. The van der Waals surface area contributed by atoms with E-state index >= 15 is 0 Å². The Kier molecular flexibility index (Phi) is 3.12. The highest BCUT2D eigenvalue weighted by Gasteiger charge is 2.21. The fourth-order valence-corrected chi connectivity index (χ4v) is 1.60. The van der Waals surface area contributed by atoms with Crippen molar-refractivity contribution in [1.29, 1.82) is 0 Å². The zero-order valence-electron chi connectivity index (χ0n) is 8.57. The molecule has 0 spiro atoms. The maximum Gasteiger partial charge on any atom is 0.0923 e. The zero-order valence-corrected chi connectivity index (χ0v) is 8.57. The monoisotopic (exact) mass is 182 g/mol. The summed E-state index contributed by atoms with van der Waals surface area (Å²) >= 11 is 0. The van der Waals surface area contributed by atoms with Crippen molar-refractivity contribution < 1.29 is 5.11 Å². The molecule has 0 aliphatic carbocycles. The van der Waals surface area contributed by atoms with Crippen molar-refractivity contribution in [3.63, 3.8) is 0 Å². The Hall–Kier alpha value is -0.800. The molecule has 0 fully saturated rings. The summed E-state index contributed by atoms with van der Waals surface area (Å²) in [6.45, 7) is 3.16. The summed E-state index contributed by atoms with van der Waals surface area (Å²) in [7, 11) is 3.92. The van der Waals surface area contributed by atoms with E-state index in [0.29, 0.717) is 13.1 Å². The second kappa shape index (κ2) is 3.94. The number of aliphatic hydroxyl groups is 1. The first kappa shape index (κ1) is 10.3. The van der Waals surface area contributed by atoms with Crippen LogP contribution in [0.25, 0.3) is 0 Å². The van der Waals surface area contributed by atoms with Crippen LogP contribution in [-0.4, -0.2) is 40.8 Å². The van der Waals surface area contributed by atoms with Gasteiger partial charge in [0.1, 0.15) is 0 Å². The molecule has 0 aromatic carbocycles. The van der Waals surface area contributed by atoms with Crippen molar-refractivity contribution in [3.8, 4) is 0 Å². The molecule has 0 amide bonds. The minimum atomic E-state index is -0.664. The second-order valence-corrected chi connectivity index (χ2v) is 4.09. The Morgan fingerprint density at radius 3 is 2.31 bits per heavy atom. The van der Waals surface area contributed by atoms with Crippen LogP contribution in [0.4, 0.5) is 0 Å². The SMILES string of the molecule is CN(C)CC(C)(O)Cn1cccc1. The third-order valence-electron chi connectivity index (χ3n) is 1.85. The van der Waals surface area contributed by atoms with Crippen molar-refractivity contribution >= 4 is 0 Å². The summed E-state index contributed by atoms with van der Waals surface area (Å²) in [4.78, 5) is 1.99. The molecule has 0 radical (unpaired) electrons. The first-order chi connectivity index (χ1) is 5.99. The summed E-state index contributed by atoms with van der Waals surface area (Å²) < 4.78 is 1.99. The first-order valence-electron chi connectivity index (χ1n) is 4.47. The predicted molar refractivity (Wildman–Crippen MR) is 53.6 cm³/mol. The Morgan fingerprint density at radius 2 is 1.85 bits per heavy atom. The van der Waals surface area contributed by atoms with E-state index in [2.05, 4.69) is 0 Å². The van der Waals surface area contributed by atoms with E-state index in [0.717, 1.165) is 0 Å². The van der Waals surface area contributed by atoms with Gasteiger partial charge >= 0.3 is 0 Å². The number of hydrogen-bond acceptors (Lipinski definition) is 2. The van der Waals surface area contributed by atoms with Crippen molar-refractivity contribution in [3.05, 3.63) is 24.5 Å². The molecule has 3 nitrogen and oxygen atoms in total. The first-order valence-corrected chi connectivity index (χ1v) is 4.47. The highest BCUT2D eigenvalue weighted by Crippen LogP contribution is 2.08. The van der Waals surface area contributed by atoms with Crippen LogP contribution in [0, 0.1) is 0 Å². The van der Waals surface area contributed by atoms with Gasteiger partial charge in [0.2, 0.25) is 0 Å². The van der Waals surface area contributed by atoms with Crippen LogP contribution in [0.2, 0.25) is 0 Å². The molecular weight excluding hydrogens is 164 g/mol. The maximum atomic E-state index is 9.99. The lowest BCUT2D eigenvalue weighted by Gasteiger charge is -2.27. The van der Waals surface area contributed by atoms with Crippen molar-refractivity contribution in [2.24, 2.45) is 0 Å². The molecule has 1 rings (SSSR count). The lowest BCUT2D eigenvalue weighted by molar-refractivity contribution is 0.0177. The Balaban J connectivity index is 2.51. The van der Waals surface area contributed by atoms with E-state index in [1.54, 1.807) is 0 Å². The third-order valence-corrected chi connectivity index (χ3v) is 1.85. The molecular formula is C10H18N2O. The molecule has 1 unspecified atom stereocenters. The van der Waals surface area contributed by atoms with Gasteiger partial charge in [0.15, 0.2) is 0 Å². The van der Waals surface area contributed by atoms with Crippen LogP contribution in [0.15, 0.2) is 24.5 Å². The van der Waals surface area contributed by atoms with Gasteiger partial charge in [0, 0.05) is 18.9 Å². The quantitative estimate of drug-likeness (QED) is 0.746. The van der Waals surface area contributed by atoms with E-state index in [1.165, 1.54) is 0 Å². The van der Waals surface area contributed by atoms with Gasteiger partial charge in [-0.1, -0.05) is 0 Å². The van der Waals surface area contributed by atoms with Crippen molar-refractivity contribution in [1.82, 2.24) is 9.47 Å². The number of likely N-dealkylation sites (N-methyl/N-ethyl adjacent to an activating group) is 1. The highest BCUT2D eigenvalue weighted by molar-refractivity contribution is 4.92. The topological polar surface area (TPSA) is 28.4 Å². The van der Waals surface area contributed by atoms with Crippen molar-refractivity contribution in [2.75, 3.05) is 20.6 Å². The number of hydrogen-bond donors (Lipinski definition) is 1. The summed E-state index contributed by atoms with van der Waals surface area (Å²) in [5, 5.41) is 9.99. The Bertz CT molecular complexity index is 239. The predicted octanol–water partition coefficient (Wildman–Crippen LogP) is 0.801. The minimum absolute atomic E-state index is 0.637. The Morgan fingerprint density at radius 1 is 1.31 bits per heavy atom. The number of nitrogens with zero attached hydrogens (tertiary/aromatic N) is 2. The smallest absolute Gasteiger partial charge is 0.0923 e. The van der Waals surface area contributed by atoms with E-state index in [9.17, 15) is 5.11 Å². The third kappa shape index (κ3) is 3.61. The van der Waals surface area contributed by atoms with Crippen molar-refractivity contribution in [2.45, 2.75) is 19.1 Å². The summed E-state index contributed by atoms with van der Waals surface area (Å²) in [6, 6.07) is 3.93. The molecule has 1 heterocycles. The molecule has 0 saturated carbocycles. The lowest BCUT2D eigenvalue weighted by Crippen LogP contribution is -2.40.